The van der Waals surface area contributed by atoms with E-state index in [1.54, 1.807) is 0 Å². The molecule has 1 aromatic carbocycles. The van der Waals surface area contributed by atoms with Gasteiger partial charge in [0, 0.05) is 11.6 Å². The minimum absolute atomic E-state index is 0.102. The zero-order valence-electron chi connectivity index (χ0n) is 7.90. The van der Waals surface area contributed by atoms with Crippen molar-refractivity contribution in [2.45, 2.75) is 18.2 Å². The van der Waals surface area contributed by atoms with E-state index in [-0.39, 0.29) is 6.07 Å². The molecule has 1 nitrogen and oxygen atoms in total. The van der Waals surface area contributed by atoms with Gasteiger partial charge >= 0.3 is 12.1 Å². The summed E-state index contributed by atoms with van der Waals surface area (Å²) in [6.07, 6.45) is -9.46. The van der Waals surface area contributed by atoms with E-state index >= 15 is 0 Å². The van der Waals surface area contributed by atoms with Gasteiger partial charge in [-0.25, -0.2) is 8.78 Å². The molecular formula is C9H5F7O. The number of alkyl halides is 5. The summed E-state index contributed by atoms with van der Waals surface area (Å²) < 4.78 is 86.3. The fraction of sp³-hybridized carbons (Fsp3) is 0.333. The third kappa shape index (κ3) is 2.51. The van der Waals surface area contributed by atoms with Gasteiger partial charge in [0.15, 0.2) is 6.10 Å². The highest BCUT2D eigenvalue weighted by Gasteiger charge is 2.63. The zero-order chi connectivity index (χ0) is 13.4. The first-order chi connectivity index (χ1) is 7.57. The molecule has 0 saturated heterocycles. The van der Waals surface area contributed by atoms with E-state index < -0.39 is 35.4 Å². The summed E-state index contributed by atoms with van der Waals surface area (Å²) in [5.41, 5.74) is -1.33. The smallest absolute Gasteiger partial charge is 0.382 e. The highest BCUT2D eigenvalue weighted by molar-refractivity contribution is 5.23. The summed E-state index contributed by atoms with van der Waals surface area (Å²) in [6, 6.07) is 0.897. The number of hydrogen-bond acceptors (Lipinski definition) is 1. The maximum atomic E-state index is 12.9. The molecule has 0 heterocycles. The first-order valence-corrected chi connectivity index (χ1v) is 4.15. The SMILES string of the molecule is OC(c1ccc(F)cc1F)C(F)(F)C(F)(F)F. The van der Waals surface area contributed by atoms with Gasteiger partial charge in [-0.05, 0) is 6.07 Å². The lowest BCUT2D eigenvalue weighted by Crippen LogP contribution is -2.42. The van der Waals surface area contributed by atoms with Crippen molar-refractivity contribution in [3.8, 4) is 0 Å². The highest BCUT2D eigenvalue weighted by Crippen LogP contribution is 2.44. The van der Waals surface area contributed by atoms with Crippen LogP contribution < -0.4 is 0 Å². The van der Waals surface area contributed by atoms with Gasteiger partial charge in [0.2, 0.25) is 0 Å². The highest BCUT2D eigenvalue weighted by atomic mass is 19.4. The predicted octanol–water partition coefficient (Wildman–Crippen LogP) is 3.20. The van der Waals surface area contributed by atoms with Crippen LogP contribution in [0, 0.1) is 11.6 Å². The van der Waals surface area contributed by atoms with E-state index in [0.717, 1.165) is 0 Å². The predicted molar refractivity (Wildman–Crippen MR) is 42.3 cm³/mol. The van der Waals surface area contributed by atoms with Crippen molar-refractivity contribution in [3.63, 3.8) is 0 Å². The molecule has 0 bridgehead atoms. The van der Waals surface area contributed by atoms with E-state index in [4.69, 9.17) is 5.11 Å². The summed E-state index contributed by atoms with van der Waals surface area (Å²) in [6.45, 7) is 0. The Kier molecular flexibility index (Phi) is 3.37. The van der Waals surface area contributed by atoms with Crippen molar-refractivity contribution in [1.29, 1.82) is 0 Å². The molecule has 96 valence electrons. The molecule has 1 atom stereocenters. The lowest BCUT2D eigenvalue weighted by atomic mass is 10.0. The molecule has 1 rings (SSSR count). The third-order valence-electron chi connectivity index (χ3n) is 1.98. The van der Waals surface area contributed by atoms with Crippen LogP contribution in [-0.2, 0) is 0 Å². The van der Waals surface area contributed by atoms with Crippen molar-refractivity contribution in [2.75, 3.05) is 0 Å². The Morgan fingerprint density at radius 3 is 1.94 bits per heavy atom. The van der Waals surface area contributed by atoms with Crippen LogP contribution in [0.4, 0.5) is 30.7 Å². The molecule has 8 heteroatoms. The van der Waals surface area contributed by atoms with Crippen LogP contribution in [0.15, 0.2) is 18.2 Å². The molecule has 1 aromatic rings. The van der Waals surface area contributed by atoms with Crippen LogP contribution in [0.1, 0.15) is 11.7 Å². The van der Waals surface area contributed by atoms with Gasteiger partial charge in [0.1, 0.15) is 11.6 Å². The molecular weight excluding hydrogens is 257 g/mol. The minimum Gasteiger partial charge on any atom is -0.382 e. The van der Waals surface area contributed by atoms with Crippen molar-refractivity contribution in [1.82, 2.24) is 0 Å². The standard InChI is InChI=1S/C9H5F7O/c10-4-1-2-5(6(11)3-4)7(17)8(12,13)9(14,15)16/h1-3,7,17H. The number of halogens is 7. The first kappa shape index (κ1) is 13.8. The van der Waals surface area contributed by atoms with Gasteiger partial charge in [-0.1, -0.05) is 6.07 Å². The summed E-state index contributed by atoms with van der Waals surface area (Å²) >= 11 is 0. The van der Waals surface area contributed by atoms with Crippen molar-refractivity contribution >= 4 is 0 Å². The fourth-order valence-electron chi connectivity index (χ4n) is 1.07. The average molecular weight is 262 g/mol. The largest absolute Gasteiger partial charge is 0.456 e. The van der Waals surface area contributed by atoms with Gasteiger partial charge in [-0.2, -0.15) is 22.0 Å². The summed E-state index contributed by atoms with van der Waals surface area (Å²) in [4.78, 5) is 0. The Morgan fingerprint density at radius 2 is 1.53 bits per heavy atom. The summed E-state index contributed by atoms with van der Waals surface area (Å²) in [5.74, 6) is -8.36. The molecule has 0 saturated carbocycles. The molecule has 1 N–H and O–H groups in total. The lowest BCUT2D eigenvalue weighted by molar-refractivity contribution is -0.315. The normalized spacial score (nSPS) is 14.8. The van der Waals surface area contributed by atoms with Gasteiger partial charge in [-0.15, -0.1) is 0 Å². The lowest BCUT2D eigenvalue weighted by Gasteiger charge is -2.25. The Morgan fingerprint density at radius 1 is 1.00 bits per heavy atom. The van der Waals surface area contributed by atoms with Gasteiger partial charge in [0.25, 0.3) is 0 Å². The van der Waals surface area contributed by atoms with Crippen LogP contribution in [-0.4, -0.2) is 17.2 Å². The fourth-order valence-corrected chi connectivity index (χ4v) is 1.07. The average Bonchev–Trinajstić information content (AvgIpc) is 2.14. The number of aliphatic hydroxyl groups excluding tert-OH is 1. The molecule has 1 unspecified atom stereocenters. The molecule has 17 heavy (non-hydrogen) atoms. The molecule has 0 aliphatic carbocycles. The Bertz CT molecular complexity index is 412. The molecule has 0 aliphatic heterocycles. The van der Waals surface area contributed by atoms with Crippen LogP contribution in [0.3, 0.4) is 0 Å². The van der Waals surface area contributed by atoms with Gasteiger partial charge in [-0.3, -0.25) is 0 Å². The quantitative estimate of drug-likeness (QED) is 0.811. The second-order valence-corrected chi connectivity index (χ2v) is 3.19. The van der Waals surface area contributed by atoms with Crippen LogP contribution >= 0.6 is 0 Å². The van der Waals surface area contributed by atoms with Crippen molar-refractivity contribution < 1.29 is 35.8 Å². The summed E-state index contributed by atoms with van der Waals surface area (Å²) in [7, 11) is 0. The van der Waals surface area contributed by atoms with E-state index in [9.17, 15) is 30.7 Å². The van der Waals surface area contributed by atoms with Crippen LogP contribution in [0.2, 0.25) is 0 Å². The van der Waals surface area contributed by atoms with Crippen molar-refractivity contribution in [2.24, 2.45) is 0 Å². The van der Waals surface area contributed by atoms with E-state index in [0.29, 0.717) is 12.1 Å². The van der Waals surface area contributed by atoms with Gasteiger partial charge in [0.05, 0.1) is 0 Å². The molecule has 0 aliphatic rings. The molecule has 0 fully saturated rings. The number of aliphatic hydroxyl groups is 1. The third-order valence-corrected chi connectivity index (χ3v) is 1.98. The first-order valence-electron chi connectivity index (χ1n) is 4.15. The number of rotatable bonds is 2. The van der Waals surface area contributed by atoms with E-state index in [1.165, 1.54) is 0 Å². The maximum absolute atomic E-state index is 12.9. The second-order valence-electron chi connectivity index (χ2n) is 3.19. The molecule has 0 aromatic heterocycles. The van der Waals surface area contributed by atoms with Crippen LogP contribution in [0.25, 0.3) is 0 Å². The molecule has 0 amide bonds. The van der Waals surface area contributed by atoms with Crippen molar-refractivity contribution in [3.05, 3.63) is 35.4 Å². The Labute approximate surface area is 90.5 Å². The van der Waals surface area contributed by atoms with Gasteiger partial charge < -0.3 is 5.11 Å². The minimum atomic E-state index is -6.03. The zero-order valence-corrected chi connectivity index (χ0v) is 7.90. The number of hydrogen-bond donors (Lipinski definition) is 1. The molecule has 0 radical (unpaired) electrons. The van der Waals surface area contributed by atoms with Crippen LogP contribution in [0.5, 0.6) is 0 Å². The number of benzene rings is 1. The Hall–Kier alpha value is -1.31. The monoisotopic (exact) mass is 262 g/mol. The van der Waals surface area contributed by atoms with E-state index in [1.807, 2.05) is 0 Å². The summed E-state index contributed by atoms with van der Waals surface area (Å²) in [5, 5.41) is 8.82. The second kappa shape index (κ2) is 4.17. The Balaban J connectivity index is 3.17. The topological polar surface area (TPSA) is 20.2 Å². The van der Waals surface area contributed by atoms with E-state index in [2.05, 4.69) is 0 Å². The molecule has 0 spiro atoms. The maximum Gasteiger partial charge on any atom is 0.456 e.